The summed E-state index contributed by atoms with van der Waals surface area (Å²) >= 11 is 1.47. The second-order valence-electron chi connectivity index (χ2n) is 4.21. The summed E-state index contributed by atoms with van der Waals surface area (Å²) in [6.45, 7) is 2.52. The molecule has 92 valence electrons. The lowest BCUT2D eigenvalue weighted by molar-refractivity contribution is -0.136. The van der Waals surface area contributed by atoms with Gasteiger partial charge in [-0.25, -0.2) is 4.98 Å². The van der Waals surface area contributed by atoms with Gasteiger partial charge in [0.15, 0.2) is 0 Å². The van der Waals surface area contributed by atoms with Crippen molar-refractivity contribution in [3.05, 3.63) is 16.1 Å². The van der Waals surface area contributed by atoms with Gasteiger partial charge in [-0.05, 0) is 19.8 Å². The fraction of sp³-hybridized carbons (Fsp3) is 0.545. The minimum atomic E-state index is -0.427. The number of rotatable bonds is 3. The summed E-state index contributed by atoms with van der Waals surface area (Å²) in [6.07, 6.45) is 1.79. The van der Waals surface area contributed by atoms with Crippen LogP contribution >= 0.6 is 11.3 Å². The Kier molecular flexibility index (Phi) is 3.42. The molecule has 0 bridgehead atoms. The highest BCUT2D eigenvalue weighted by molar-refractivity contribution is 7.09. The van der Waals surface area contributed by atoms with E-state index in [-0.39, 0.29) is 12.3 Å². The Morgan fingerprint density at radius 3 is 3.00 bits per heavy atom. The average molecular weight is 253 g/mol. The zero-order valence-electron chi connectivity index (χ0n) is 9.68. The summed E-state index contributed by atoms with van der Waals surface area (Å²) in [5.41, 5.74) is 6.20. The van der Waals surface area contributed by atoms with Crippen LogP contribution in [0.3, 0.4) is 0 Å². The van der Waals surface area contributed by atoms with Crippen LogP contribution in [0.25, 0.3) is 0 Å². The second kappa shape index (κ2) is 4.83. The quantitative estimate of drug-likeness (QED) is 0.850. The summed E-state index contributed by atoms with van der Waals surface area (Å²) < 4.78 is 0. The van der Waals surface area contributed by atoms with Crippen LogP contribution in [0.5, 0.6) is 0 Å². The molecule has 1 aromatic rings. The first-order valence-electron chi connectivity index (χ1n) is 5.57. The Labute approximate surface area is 104 Å². The van der Waals surface area contributed by atoms with Gasteiger partial charge in [0.25, 0.3) is 0 Å². The molecule has 1 aliphatic heterocycles. The fourth-order valence-electron chi connectivity index (χ4n) is 2.08. The maximum atomic E-state index is 12.0. The predicted octanol–water partition coefficient (Wildman–Crippen LogP) is 0.470. The standard InChI is InChI=1S/C11H15N3O2S/c1-7-6-17-9(13-7)5-10(15)14-4-2-3-8(14)11(12)16/h6,8H,2-5H2,1H3,(H2,12,16)/t8-/m0/s1. The zero-order valence-corrected chi connectivity index (χ0v) is 10.5. The number of nitrogens with zero attached hydrogens (tertiary/aromatic N) is 2. The maximum Gasteiger partial charge on any atom is 0.240 e. The van der Waals surface area contributed by atoms with E-state index in [1.807, 2.05) is 12.3 Å². The molecule has 0 aliphatic carbocycles. The van der Waals surface area contributed by atoms with Gasteiger partial charge in [0.2, 0.25) is 11.8 Å². The van der Waals surface area contributed by atoms with Crippen LogP contribution in [0.15, 0.2) is 5.38 Å². The molecule has 0 saturated carbocycles. The van der Waals surface area contributed by atoms with Crippen LogP contribution in [0, 0.1) is 6.92 Å². The van der Waals surface area contributed by atoms with E-state index in [4.69, 9.17) is 5.73 Å². The third-order valence-electron chi connectivity index (χ3n) is 2.87. The Morgan fingerprint density at radius 1 is 1.65 bits per heavy atom. The van der Waals surface area contributed by atoms with Gasteiger partial charge in [-0.15, -0.1) is 11.3 Å². The lowest BCUT2D eigenvalue weighted by atomic mass is 10.2. The molecule has 2 rings (SSSR count). The van der Waals surface area contributed by atoms with Gasteiger partial charge in [-0.1, -0.05) is 0 Å². The third kappa shape index (κ3) is 2.63. The first-order valence-corrected chi connectivity index (χ1v) is 6.45. The molecule has 5 nitrogen and oxygen atoms in total. The van der Waals surface area contributed by atoms with Gasteiger partial charge in [-0.2, -0.15) is 0 Å². The molecule has 0 radical (unpaired) electrons. The molecule has 17 heavy (non-hydrogen) atoms. The molecule has 2 amide bonds. The number of amides is 2. The molecule has 2 heterocycles. The minimum absolute atomic E-state index is 0.0550. The highest BCUT2D eigenvalue weighted by atomic mass is 32.1. The fourth-order valence-corrected chi connectivity index (χ4v) is 2.84. The van der Waals surface area contributed by atoms with E-state index >= 15 is 0 Å². The summed E-state index contributed by atoms with van der Waals surface area (Å²) in [4.78, 5) is 29.0. The molecule has 1 fully saturated rings. The Bertz CT molecular complexity index is 444. The van der Waals surface area contributed by atoms with Gasteiger partial charge in [0.1, 0.15) is 11.0 Å². The van der Waals surface area contributed by atoms with Crippen LogP contribution in [0.4, 0.5) is 0 Å². The number of nitrogens with two attached hydrogens (primary N) is 1. The monoisotopic (exact) mass is 253 g/mol. The zero-order chi connectivity index (χ0) is 12.4. The minimum Gasteiger partial charge on any atom is -0.368 e. The highest BCUT2D eigenvalue weighted by Crippen LogP contribution is 2.19. The van der Waals surface area contributed by atoms with Crippen molar-refractivity contribution in [2.24, 2.45) is 5.73 Å². The predicted molar refractivity (Wildman–Crippen MR) is 64.5 cm³/mol. The van der Waals surface area contributed by atoms with Crippen LogP contribution in [0.1, 0.15) is 23.5 Å². The molecule has 1 aliphatic rings. The van der Waals surface area contributed by atoms with Crippen molar-refractivity contribution in [2.45, 2.75) is 32.2 Å². The summed E-state index contributed by atoms with van der Waals surface area (Å²) in [5, 5.41) is 2.71. The normalized spacial score (nSPS) is 19.6. The third-order valence-corrected chi connectivity index (χ3v) is 3.84. The number of hydrogen-bond donors (Lipinski definition) is 1. The van der Waals surface area contributed by atoms with Crippen molar-refractivity contribution in [2.75, 3.05) is 6.54 Å². The smallest absolute Gasteiger partial charge is 0.240 e. The number of primary amides is 1. The van der Waals surface area contributed by atoms with Gasteiger partial charge in [0.05, 0.1) is 6.42 Å². The molecule has 0 spiro atoms. The van der Waals surface area contributed by atoms with Crippen molar-refractivity contribution in [1.82, 2.24) is 9.88 Å². The largest absolute Gasteiger partial charge is 0.368 e. The number of carbonyl (C=O) groups is 2. The number of thiazole rings is 1. The van der Waals surface area contributed by atoms with E-state index in [2.05, 4.69) is 4.98 Å². The van der Waals surface area contributed by atoms with Crippen LogP contribution in [-0.2, 0) is 16.0 Å². The van der Waals surface area contributed by atoms with Crippen LogP contribution in [0.2, 0.25) is 0 Å². The molecule has 6 heteroatoms. The van der Waals surface area contributed by atoms with Gasteiger partial charge >= 0.3 is 0 Å². The Hall–Kier alpha value is -1.43. The van der Waals surface area contributed by atoms with E-state index in [1.165, 1.54) is 11.3 Å². The van der Waals surface area contributed by atoms with Crippen molar-refractivity contribution >= 4 is 23.2 Å². The summed E-state index contributed by atoms with van der Waals surface area (Å²) in [6, 6.07) is -0.427. The van der Waals surface area contributed by atoms with Crippen molar-refractivity contribution in [1.29, 1.82) is 0 Å². The molecule has 2 N–H and O–H groups in total. The van der Waals surface area contributed by atoms with E-state index < -0.39 is 11.9 Å². The van der Waals surface area contributed by atoms with Crippen molar-refractivity contribution < 1.29 is 9.59 Å². The van der Waals surface area contributed by atoms with Crippen LogP contribution < -0.4 is 5.73 Å². The molecule has 0 unspecified atom stereocenters. The number of aromatic nitrogens is 1. The molecule has 1 aromatic heterocycles. The number of likely N-dealkylation sites (tertiary alicyclic amines) is 1. The van der Waals surface area contributed by atoms with Crippen LogP contribution in [-0.4, -0.2) is 34.3 Å². The maximum absolute atomic E-state index is 12.0. The Balaban J connectivity index is 2.02. The summed E-state index contributed by atoms with van der Waals surface area (Å²) in [7, 11) is 0. The number of aryl methyl sites for hydroxylation is 1. The van der Waals surface area contributed by atoms with Gasteiger partial charge in [0, 0.05) is 17.6 Å². The average Bonchev–Trinajstić information content (AvgIpc) is 2.86. The highest BCUT2D eigenvalue weighted by Gasteiger charge is 2.32. The molecular formula is C11H15N3O2S. The van der Waals surface area contributed by atoms with Gasteiger partial charge in [-0.3, -0.25) is 9.59 Å². The molecule has 1 saturated heterocycles. The summed E-state index contributed by atoms with van der Waals surface area (Å²) in [5.74, 6) is -0.466. The number of carbonyl (C=O) groups excluding carboxylic acids is 2. The molecular weight excluding hydrogens is 238 g/mol. The lowest BCUT2D eigenvalue weighted by Crippen LogP contribution is -2.44. The number of hydrogen-bond acceptors (Lipinski definition) is 4. The van der Waals surface area contributed by atoms with E-state index in [9.17, 15) is 9.59 Å². The first-order chi connectivity index (χ1) is 8.08. The van der Waals surface area contributed by atoms with E-state index in [0.717, 1.165) is 17.1 Å². The van der Waals surface area contributed by atoms with E-state index in [0.29, 0.717) is 13.0 Å². The molecule has 1 atom stereocenters. The first kappa shape index (κ1) is 12.0. The SMILES string of the molecule is Cc1csc(CC(=O)N2CCC[C@H]2C(N)=O)n1. The van der Waals surface area contributed by atoms with Gasteiger partial charge < -0.3 is 10.6 Å². The van der Waals surface area contributed by atoms with Crippen molar-refractivity contribution in [3.8, 4) is 0 Å². The van der Waals surface area contributed by atoms with E-state index in [1.54, 1.807) is 4.90 Å². The second-order valence-corrected chi connectivity index (χ2v) is 5.15. The Morgan fingerprint density at radius 2 is 2.41 bits per heavy atom. The topological polar surface area (TPSA) is 76.3 Å². The molecule has 0 aromatic carbocycles. The lowest BCUT2D eigenvalue weighted by Gasteiger charge is -2.21. The van der Waals surface area contributed by atoms with Crippen molar-refractivity contribution in [3.63, 3.8) is 0 Å².